The average Bonchev–Trinajstić information content (AvgIpc) is 3.71. The van der Waals surface area contributed by atoms with Gasteiger partial charge in [-0.3, -0.25) is 19.1 Å². The summed E-state index contributed by atoms with van der Waals surface area (Å²) in [5.41, 5.74) is -1.29. The van der Waals surface area contributed by atoms with Gasteiger partial charge in [-0.15, -0.1) is 0 Å². The Morgan fingerprint density at radius 2 is 1.78 bits per heavy atom. The van der Waals surface area contributed by atoms with Crippen molar-refractivity contribution in [1.82, 2.24) is 30.4 Å². The zero-order valence-corrected chi connectivity index (χ0v) is 27.9. The highest BCUT2D eigenvalue weighted by atomic mass is 19.4. The molecule has 3 aliphatic rings. The van der Waals surface area contributed by atoms with E-state index in [4.69, 9.17) is 0 Å². The lowest BCUT2D eigenvalue weighted by Crippen LogP contribution is -2.36. The summed E-state index contributed by atoms with van der Waals surface area (Å²) in [4.78, 5) is 45.1. The minimum Gasteiger partial charge on any atom is -0.348 e. The molecule has 0 bridgehead atoms. The predicted molar refractivity (Wildman–Crippen MR) is 180 cm³/mol. The van der Waals surface area contributed by atoms with E-state index in [2.05, 4.69) is 49.4 Å². The minimum absolute atomic E-state index is 0.0354. The van der Waals surface area contributed by atoms with Crippen LogP contribution in [0.5, 0.6) is 0 Å². The Bertz CT molecular complexity index is 2600. The summed E-state index contributed by atoms with van der Waals surface area (Å²) in [7, 11) is 0. The number of amides is 2. The third-order valence-electron chi connectivity index (χ3n) is 9.47. The molecule has 0 saturated heterocycles. The number of nitrogens with one attached hydrogen (secondary N) is 3. The predicted octanol–water partition coefficient (Wildman–Crippen LogP) is 5.50. The van der Waals surface area contributed by atoms with Gasteiger partial charge in [0, 0.05) is 47.1 Å². The zero-order chi connectivity index (χ0) is 38.8. The van der Waals surface area contributed by atoms with Crippen LogP contribution in [0, 0.1) is 41.2 Å². The SMILES string of the molecule is O=C(Cn1nc(C(F)(F)F)c2c1C(F)(F)[C@@H]1C#C[C@H]21)NC(Cc1cc(F)cc(F)c1)c1nc(C#Cc2ccc(=O)[nH]c2)ccc1-c1ccc2c(c1)C(=O)NC2. The molecule has 3 atom stereocenters. The number of alkyl halides is 5. The van der Waals surface area contributed by atoms with Crippen LogP contribution < -0.4 is 16.2 Å². The second-order valence-electron chi connectivity index (χ2n) is 13.1. The van der Waals surface area contributed by atoms with Crippen molar-refractivity contribution >= 4 is 11.8 Å². The molecule has 3 aromatic heterocycles. The maximum absolute atomic E-state index is 15.5. The number of pyridine rings is 2. The fourth-order valence-corrected chi connectivity index (χ4v) is 7.00. The van der Waals surface area contributed by atoms with Gasteiger partial charge in [-0.2, -0.15) is 27.1 Å². The van der Waals surface area contributed by atoms with Gasteiger partial charge in [-0.25, -0.2) is 13.8 Å². The summed E-state index contributed by atoms with van der Waals surface area (Å²) in [6, 6.07) is 12.2. The van der Waals surface area contributed by atoms with Gasteiger partial charge in [0.1, 0.15) is 35.5 Å². The van der Waals surface area contributed by atoms with Crippen LogP contribution in [-0.2, 0) is 36.4 Å². The van der Waals surface area contributed by atoms with Crippen LogP contribution in [-0.4, -0.2) is 31.6 Å². The van der Waals surface area contributed by atoms with Crippen molar-refractivity contribution in [2.45, 2.75) is 43.6 Å². The molecule has 4 heterocycles. The van der Waals surface area contributed by atoms with Crippen LogP contribution in [0.25, 0.3) is 11.1 Å². The summed E-state index contributed by atoms with van der Waals surface area (Å²) in [5.74, 6) is 0.0165. The maximum atomic E-state index is 15.5. The molecule has 0 saturated carbocycles. The van der Waals surface area contributed by atoms with Gasteiger partial charge >= 0.3 is 12.1 Å². The van der Waals surface area contributed by atoms with E-state index in [0.717, 1.165) is 12.1 Å². The second kappa shape index (κ2) is 13.0. The summed E-state index contributed by atoms with van der Waals surface area (Å²) in [6.45, 7) is -0.802. The number of aromatic nitrogens is 4. The van der Waals surface area contributed by atoms with E-state index in [9.17, 15) is 36.3 Å². The Morgan fingerprint density at radius 1 is 1.00 bits per heavy atom. The standard InChI is InChI=1S/C39H23F7N6O3/c40-23-11-20(12-24(41)15-23)13-30(50-32(54)18-52-36-33(35(51-52)39(44,45)46)27-8-9-29(27)38(36,42)43)34-26(21-3-4-22-17-48-37(55)28(22)14-21)7-6-25(49-34)5-1-19-2-10-31(53)47-16-19/h2-4,6-7,10-12,14-16,27,29-30H,13,17-18H2,(H,47,53)(H,48,55)(H,50,54)/t27-,29+,30?/m0/s1. The first kappa shape index (κ1) is 35.4. The smallest absolute Gasteiger partial charge is 0.348 e. The number of rotatable bonds is 7. The molecule has 55 heavy (non-hydrogen) atoms. The highest BCUT2D eigenvalue weighted by Gasteiger charge is 2.62. The molecule has 5 aromatic rings. The van der Waals surface area contributed by atoms with Crippen molar-refractivity contribution < 1.29 is 40.3 Å². The second-order valence-corrected chi connectivity index (χ2v) is 13.1. The lowest BCUT2D eigenvalue weighted by Gasteiger charge is -2.24. The Labute approximate surface area is 306 Å². The number of hydrogen-bond acceptors (Lipinski definition) is 5. The number of aromatic amines is 1. The average molecular weight is 757 g/mol. The van der Waals surface area contributed by atoms with E-state index in [1.807, 2.05) is 0 Å². The fraction of sp³-hybridized carbons (Fsp3) is 0.205. The Kier molecular flexibility index (Phi) is 8.37. The summed E-state index contributed by atoms with van der Waals surface area (Å²) >= 11 is 0. The number of benzene rings is 2. The third kappa shape index (κ3) is 6.50. The molecule has 2 aliphatic carbocycles. The summed E-state index contributed by atoms with van der Waals surface area (Å²) in [6.07, 6.45) is -4.10. The molecule has 9 nitrogen and oxygen atoms in total. The molecule has 2 amide bonds. The fourth-order valence-electron chi connectivity index (χ4n) is 7.00. The number of carbonyl (C=O) groups excluding carboxylic acids is 2. The van der Waals surface area contributed by atoms with Crippen molar-refractivity contribution in [3.63, 3.8) is 0 Å². The maximum Gasteiger partial charge on any atom is 0.435 e. The van der Waals surface area contributed by atoms with E-state index >= 15 is 8.78 Å². The topological polar surface area (TPSA) is 122 Å². The number of halogens is 7. The highest BCUT2D eigenvalue weighted by molar-refractivity contribution is 5.99. The van der Waals surface area contributed by atoms with Crippen LogP contribution in [0.2, 0.25) is 0 Å². The van der Waals surface area contributed by atoms with E-state index in [0.29, 0.717) is 45.1 Å². The summed E-state index contributed by atoms with van der Waals surface area (Å²) < 4.78 is 102. The number of nitrogens with zero attached hydrogens (tertiary/aromatic N) is 3. The van der Waals surface area contributed by atoms with Gasteiger partial charge in [0.25, 0.3) is 5.91 Å². The number of carbonyl (C=O) groups is 2. The van der Waals surface area contributed by atoms with Crippen LogP contribution in [0.1, 0.15) is 67.3 Å². The molecule has 8 rings (SSSR count). The lowest BCUT2D eigenvalue weighted by atomic mass is 9.84. The van der Waals surface area contributed by atoms with Crippen molar-refractivity contribution in [2.24, 2.45) is 5.92 Å². The molecule has 1 aliphatic heterocycles. The molecular weight excluding hydrogens is 733 g/mol. The number of fused-ring (bicyclic) bond motifs is 4. The first-order valence-corrected chi connectivity index (χ1v) is 16.6. The lowest BCUT2D eigenvalue weighted by molar-refractivity contribution is -0.142. The van der Waals surface area contributed by atoms with E-state index in [1.165, 1.54) is 24.4 Å². The van der Waals surface area contributed by atoms with Crippen molar-refractivity contribution in [1.29, 1.82) is 0 Å². The Hall–Kier alpha value is -6.68. The zero-order valence-electron chi connectivity index (χ0n) is 27.9. The van der Waals surface area contributed by atoms with Gasteiger partial charge in [-0.05, 0) is 65.4 Å². The van der Waals surface area contributed by atoms with Crippen LogP contribution >= 0.6 is 0 Å². The molecule has 276 valence electrons. The van der Waals surface area contributed by atoms with Gasteiger partial charge in [-0.1, -0.05) is 29.9 Å². The Morgan fingerprint density at radius 3 is 2.47 bits per heavy atom. The largest absolute Gasteiger partial charge is 0.435 e. The van der Waals surface area contributed by atoms with Crippen molar-refractivity contribution in [3.05, 3.63) is 139 Å². The third-order valence-corrected chi connectivity index (χ3v) is 9.47. The molecule has 16 heteroatoms. The van der Waals surface area contributed by atoms with Gasteiger partial charge in [0.15, 0.2) is 5.69 Å². The van der Waals surface area contributed by atoms with Crippen LogP contribution in [0.4, 0.5) is 30.7 Å². The molecule has 0 radical (unpaired) electrons. The first-order chi connectivity index (χ1) is 26.2. The number of hydrogen-bond donors (Lipinski definition) is 3. The molecule has 1 unspecified atom stereocenters. The minimum atomic E-state index is -5.12. The molecule has 3 N–H and O–H groups in total. The van der Waals surface area contributed by atoms with Crippen molar-refractivity contribution in [2.75, 3.05) is 0 Å². The van der Waals surface area contributed by atoms with Gasteiger partial charge < -0.3 is 15.6 Å². The monoisotopic (exact) mass is 756 g/mol. The van der Waals surface area contributed by atoms with Crippen LogP contribution in [0.15, 0.2) is 71.7 Å². The molecule has 0 spiro atoms. The van der Waals surface area contributed by atoms with Crippen molar-refractivity contribution in [3.8, 4) is 34.8 Å². The normalized spacial score (nSPS) is 17.7. The van der Waals surface area contributed by atoms with Gasteiger partial charge in [0.05, 0.1) is 17.7 Å². The number of H-pyrrole nitrogens is 1. The van der Waals surface area contributed by atoms with E-state index < -0.39 is 71.0 Å². The molecule has 2 aromatic carbocycles. The van der Waals surface area contributed by atoms with Crippen LogP contribution in [0.3, 0.4) is 0 Å². The Balaban J connectivity index is 1.23. The van der Waals surface area contributed by atoms with Gasteiger partial charge in [0.2, 0.25) is 11.5 Å². The molecule has 0 fully saturated rings. The highest BCUT2D eigenvalue weighted by Crippen LogP contribution is 2.58. The van der Waals surface area contributed by atoms with E-state index in [-0.39, 0.29) is 34.8 Å². The molecular formula is C39H23F7N6O3. The quantitative estimate of drug-likeness (QED) is 0.150. The summed E-state index contributed by atoms with van der Waals surface area (Å²) in [5, 5.41) is 8.75. The first-order valence-electron chi connectivity index (χ1n) is 16.6. The van der Waals surface area contributed by atoms with E-state index in [1.54, 1.807) is 24.3 Å².